The maximum atomic E-state index is 12.4. The molecule has 128 valence electrons. The third kappa shape index (κ3) is 4.16. The van der Waals surface area contributed by atoms with E-state index in [0.717, 1.165) is 38.0 Å². The Bertz CT molecular complexity index is 544. The van der Waals surface area contributed by atoms with E-state index in [0.29, 0.717) is 12.2 Å². The molecule has 0 radical (unpaired) electrons. The molecule has 2 saturated heterocycles. The van der Waals surface area contributed by atoms with Gasteiger partial charge in [-0.2, -0.15) is 0 Å². The van der Waals surface area contributed by atoms with Crippen LogP contribution in [0.4, 0.5) is 5.69 Å². The molecule has 2 aliphatic heterocycles. The molecule has 2 fully saturated rings. The Morgan fingerprint density at radius 2 is 2.09 bits per heavy atom. The Kier molecular flexibility index (Phi) is 5.89. The molecule has 1 unspecified atom stereocenters. The van der Waals surface area contributed by atoms with E-state index in [4.69, 9.17) is 4.74 Å². The zero-order valence-corrected chi connectivity index (χ0v) is 14.6. The lowest BCUT2D eigenvalue weighted by Crippen LogP contribution is -2.43. The van der Waals surface area contributed by atoms with Gasteiger partial charge >= 0.3 is 0 Å². The van der Waals surface area contributed by atoms with Gasteiger partial charge in [-0.25, -0.2) is 0 Å². The second kappa shape index (κ2) is 7.51. The first-order chi connectivity index (χ1) is 10.6. The Morgan fingerprint density at radius 3 is 2.78 bits per heavy atom. The zero-order chi connectivity index (χ0) is 15.6. The largest absolute Gasteiger partial charge is 0.378 e. The quantitative estimate of drug-likeness (QED) is 0.882. The van der Waals surface area contributed by atoms with Crippen LogP contribution in [0, 0.1) is 0 Å². The van der Waals surface area contributed by atoms with Gasteiger partial charge < -0.3 is 20.3 Å². The van der Waals surface area contributed by atoms with E-state index in [1.165, 1.54) is 0 Å². The lowest BCUT2D eigenvalue weighted by Gasteiger charge is -2.32. The summed E-state index contributed by atoms with van der Waals surface area (Å²) in [5.41, 5.74) is 1.72. The van der Waals surface area contributed by atoms with Crippen molar-refractivity contribution in [1.29, 1.82) is 0 Å². The van der Waals surface area contributed by atoms with Gasteiger partial charge in [0.1, 0.15) is 0 Å². The van der Waals surface area contributed by atoms with Crippen LogP contribution in [0.3, 0.4) is 0 Å². The van der Waals surface area contributed by atoms with Gasteiger partial charge in [-0.3, -0.25) is 4.79 Å². The number of nitrogens with zero attached hydrogens (tertiary/aromatic N) is 1. The average Bonchev–Trinajstić information content (AvgIpc) is 2.90. The third-order valence-electron chi connectivity index (χ3n) is 4.68. The lowest BCUT2D eigenvalue weighted by atomic mass is 9.88. The van der Waals surface area contributed by atoms with Gasteiger partial charge in [0.15, 0.2) is 0 Å². The molecular weight excluding hydrogens is 314 g/mol. The van der Waals surface area contributed by atoms with Crippen LogP contribution in [-0.2, 0) is 4.74 Å². The highest BCUT2D eigenvalue weighted by atomic mass is 35.5. The highest BCUT2D eigenvalue weighted by molar-refractivity contribution is 5.95. The van der Waals surface area contributed by atoms with Crippen molar-refractivity contribution >= 4 is 24.0 Å². The topological polar surface area (TPSA) is 53.6 Å². The standard InChI is InChI=1S/C17H25N3O2.ClH/c1-20(2)15-5-3-4-13(10-15)16(21)19-14-11-17(22-12-14)6-8-18-9-7-17;/h3-5,10,14,18H,6-9,11-12H2,1-2H3,(H,19,21);1H. The summed E-state index contributed by atoms with van der Waals surface area (Å²) in [6.07, 6.45) is 3.00. The van der Waals surface area contributed by atoms with E-state index < -0.39 is 0 Å². The van der Waals surface area contributed by atoms with E-state index in [1.807, 2.05) is 43.3 Å². The van der Waals surface area contributed by atoms with Crippen LogP contribution >= 0.6 is 12.4 Å². The number of halogens is 1. The van der Waals surface area contributed by atoms with Crippen molar-refractivity contribution in [3.63, 3.8) is 0 Å². The number of hydrogen-bond donors (Lipinski definition) is 2. The molecule has 0 bridgehead atoms. The van der Waals surface area contributed by atoms with Gasteiger partial charge in [0.05, 0.1) is 18.2 Å². The molecular formula is C17H26ClN3O2. The van der Waals surface area contributed by atoms with E-state index >= 15 is 0 Å². The highest BCUT2D eigenvalue weighted by Crippen LogP contribution is 2.34. The maximum absolute atomic E-state index is 12.4. The SMILES string of the molecule is CN(C)c1cccc(C(=O)NC2COC3(CCNCC3)C2)c1.Cl. The number of nitrogens with one attached hydrogen (secondary N) is 2. The minimum absolute atomic E-state index is 0. The predicted molar refractivity (Wildman–Crippen MR) is 94.7 cm³/mol. The van der Waals surface area contributed by atoms with Crippen molar-refractivity contribution in [2.45, 2.75) is 30.9 Å². The first-order valence-electron chi connectivity index (χ1n) is 8.01. The minimum Gasteiger partial charge on any atom is -0.378 e. The number of carbonyl (C=O) groups excluding carboxylic acids is 1. The van der Waals surface area contributed by atoms with Crippen LogP contribution in [0.25, 0.3) is 0 Å². The Morgan fingerprint density at radius 1 is 1.35 bits per heavy atom. The summed E-state index contributed by atoms with van der Waals surface area (Å²) in [5.74, 6) is -0.0108. The van der Waals surface area contributed by atoms with Crippen LogP contribution in [0.1, 0.15) is 29.6 Å². The first-order valence-corrected chi connectivity index (χ1v) is 8.01. The molecule has 23 heavy (non-hydrogen) atoms. The highest BCUT2D eigenvalue weighted by Gasteiger charge is 2.41. The number of amides is 1. The van der Waals surface area contributed by atoms with Gasteiger partial charge in [0.2, 0.25) is 0 Å². The number of benzene rings is 1. The monoisotopic (exact) mass is 339 g/mol. The van der Waals surface area contributed by atoms with Crippen LogP contribution in [0.2, 0.25) is 0 Å². The van der Waals surface area contributed by atoms with Crippen molar-refractivity contribution in [3.05, 3.63) is 29.8 Å². The Labute approximate surface area is 144 Å². The van der Waals surface area contributed by atoms with E-state index in [1.54, 1.807) is 0 Å². The van der Waals surface area contributed by atoms with E-state index in [2.05, 4.69) is 10.6 Å². The van der Waals surface area contributed by atoms with Crippen LogP contribution in [0.15, 0.2) is 24.3 Å². The second-order valence-corrected chi connectivity index (χ2v) is 6.56. The van der Waals surface area contributed by atoms with Gasteiger partial charge in [-0.1, -0.05) is 6.07 Å². The normalized spacial score (nSPS) is 22.4. The average molecular weight is 340 g/mol. The molecule has 2 aliphatic rings. The summed E-state index contributed by atoms with van der Waals surface area (Å²) < 4.78 is 6.03. The molecule has 0 aliphatic carbocycles. The number of anilines is 1. The molecule has 1 amide bonds. The summed E-state index contributed by atoms with van der Waals surface area (Å²) in [4.78, 5) is 14.4. The van der Waals surface area contributed by atoms with Crippen LogP contribution in [0.5, 0.6) is 0 Å². The molecule has 1 aromatic rings. The molecule has 1 atom stereocenters. The second-order valence-electron chi connectivity index (χ2n) is 6.56. The summed E-state index contributed by atoms with van der Waals surface area (Å²) in [7, 11) is 3.95. The molecule has 3 rings (SSSR count). The fraction of sp³-hybridized carbons (Fsp3) is 0.588. The minimum atomic E-state index is -0.0192. The summed E-state index contributed by atoms with van der Waals surface area (Å²) >= 11 is 0. The van der Waals surface area contributed by atoms with Crippen molar-refractivity contribution in [3.8, 4) is 0 Å². The number of ether oxygens (including phenoxy) is 1. The van der Waals surface area contributed by atoms with Crippen LogP contribution < -0.4 is 15.5 Å². The molecule has 2 heterocycles. The fourth-order valence-corrected chi connectivity index (χ4v) is 3.36. The molecule has 6 heteroatoms. The number of rotatable bonds is 3. The predicted octanol–water partition coefficient (Wildman–Crippen LogP) is 1.82. The van der Waals surface area contributed by atoms with Crippen molar-refractivity contribution in [1.82, 2.24) is 10.6 Å². The summed E-state index contributed by atoms with van der Waals surface area (Å²) in [5, 5.41) is 6.49. The van der Waals surface area contributed by atoms with Gasteiger partial charge in [0.25, 0.3) is 5.91 Å². The summed E-state index contributed by atoms with van der Waals surface area (Å²) in [6.45, 7) is 2.64. The molecule has 2 N–H and O–H groups in total. The van der Waals surface area contributed by atoms with Gasteiger partial charge in [-0.05, 0) is 50.6 Å². The Balaban J connectivity index is 0.00000192. The van der Waals surface area contributed by atoms with Gasteiger partial charge in [-0.15, -0.1) is 12.4 Å². The number of hydrogen-bond acceptors (Lipinski definition) is 4. The van der Waals surface area contributed by atoms with Gasteiger partial charge in [0, 0.05) is 25.3 Å². The fourth-order valence-electron chi connectivity index (χ4n) is 3.36. The van der Waals surface area contributed by atoms with Crippen molar-refractivity contribution in [2.24, 2.45) is 0 Å². The molecule has 1 aromatic carbocycles. The third-order valence-corrected chi connectivity index (χ3v) is 4.68. The maximum Gasteiger partial charge on any atom is 0.251 e. The number of carbonyl (C=O) groups is 1. The molecule has 0 aromatic heterocycles. The van der Waals surface area contributed by atoms with Crippen LogP contribution in [-0.4, -0.2) is 51.3 Å². The lowest BCUT2D eigenvalue weighted by molar-refractivity contribution is -0.0194. The van der Waals surface area contributed by atoms with Crippen molar-refractivity contribution < 1.29 is 9.53 Å². The van der Waals surface area contributed by atoms with E-state index in [-0.39, 0.29) is 30.0 Å². The smallest absolute Gasteiger partial charge is 0.251 e. The van der Waals surface area contributed by atoms with Crippen molar-refractivity contribution in [2.75, 3.05) is 38.7 Å². The molecule has 0 saturated carbocycles. The van der Waals surface area contributed by atoms with E-state index in [9.17, 15) is 4.79 Å². The number of piperidine rings is 1. The Hall–Kier alpha value is -1.30. The zero-order valence-electron chi connectivity index (χ0n) is 13.8. The molecule has 5 nitrogen and oxygen atoms in total. The molecule has 1 spiro atoms. The summed E-state index contributed by atoms with van der Waals surface area (Å²) in [6, 6.07) is 7.82. The first kappa shape index (κ1) is 18.0.